The molecule has 0 fully saturated rings. The molecule has 19 heavy (non-hydrogen) atoms. The zero-order chi connectivity index (χ0) is 14.5. The largest absolute Gasteiger partial charge is 0.394 e. The smallest absolute Gasteiger partial charge is 0.180 e. The zero-order valence-electron chi connectivity index (χ0n) is 11.8. The first-order chi connectivity index (χ1) is 8.92. The maximum absolute atomic E-state index is 12.2. The van der Waals surface area contributed by atoms with Crippen molar-refractivity contribution in [2.24, 2.45) is 5.92 Å². The van der Waals surface area contributed by atoms with Gasteiger partial charge in [-0.1, -0.05) is 32.9 Å². The summed E-state index contributed by atoms with van der Waals surface area (Å²) in [5, 5.41) is 12.5. The monoisotopic (exact) mass is 285 g/mol. The summed E-state index contributed by atoms with van der Waals surface area (Å²) >= 11 is 0. The fourth-order valence-electron chi connectivity index (χ4n) is 1.86. The van der Waals surface area contributed by atoms with Crippen LogP contribution in [0.15, 0.2) is 29.2 Å². The van der Waals surface area contributed by atoms with E-state index in [2.05, 4.69) is 5.32 Å². The number of aliphatic hydroxyl groups excluding tert-OH is 1. The molecule has 1 rings (SSSR count). The van der Waals surface area contributed by atoms with Gasteiger partial charge in [0.1, 0.15) is 0 Å². The predicted octanol–water partition coefficient (Wildman–Crippen LogP) is 2.30. The van der Waals surface area contributed by atoms with Crippen molar-refractivity contribution in [3.63, 3.8) is 0 Å². The second-order valence-electron chi connectivity index (χ2n) is 4.99. The highest BCUT2D eigenvalue weighted by atomic mass is 32.2. The van der Waals surface area contributed by atoms with E-state index in [0.29, 0.717) is 17.0 Å². The first-order valence-corrected chi connectivity index (χ1v) is 8.26. The van der Waals surface area contributed by atoms with Gasteiger partial charge in [0.05, 0.1) is 29.0 Å². The van der Waals surface area contributed by atoms with Gasteiger partial charge in [-0.2, -0.15) is 0 Å². The van der Waals surface area contributed by atoms with Gasteiger partial charge in [-0.25, -0.2) is 8.42 Å². The van der Waals surface area contributed by atoms with Crippen LogP contribution in [0.25, 0.3) is 0 Å². The molecule has 0 aliphatic carbocycles. The maximum atomic E-state index is 12.2. The Morgan fingerprint density at radius 2 is 1.89 bits per heavy atom. The van der Waals surface area contributed by atoms with Gasteiger partial charge in [0.25, 0.3) is 0 Å². The summed E-state index contributed by atoms with van der Waals surface area (Å²) in [4.78, 5) is 0.316. The highest BCUT2D eigenvalue weighted by Crippen LogP contribution is 2.24. The van der Waals surface area contributed by atoms with E-state index in [4.69, 9.17) is 0 Å². The number of benzene rings is 1. The number of hydrogen-bond acceptors (Lipinski definition) is 4. The average molecular weight is 285 g/mol. The lowest BCUT2D eigenvalue weighted by Crippen LogP contribution is -2.30. The molecule has 108 valence electrons. The summed E-state index contributed by atoms with van der Waals surface area (Å²) in [5.41, 5.74) is 0.573. The Kier molecular flexibility index (Phi) is 5.82. The molecule has 0 aromatic heterocycles. The molecule has 2 N–H and O–H groups in total. The van der Waals surface area contributed by atoms with Crippen LogP contribution in [0.4, 0.5) is 5.69 Å². The Balaban J connectivity index is 3.09. The Morgan fingerprint density at radius 1 is 1.26 bits per heavy atom. The van der Waals surface area contributed by atoms with Crippen LogP contribution >= 0.6 is 0 Å². The molecular weight excluding hydrogens is 262 g/mol. The molecule has 1 aromatic carbocycles. The van der Waals surface area contributed by atoms with Gasteiger partial charge in [0, 0.05) is 0 Å². The standard InChI is InChI=1S/C14H23NO3S/c1-4-9-19(17,18)14-8-6-5-7-12(14)15-13(10-16)11(2)3/h5-8,11,13,15-16H,4,9-10H2,1-3H3. The first kappa shape index (κ1) is 16.0. The SMILES string of the molecule is CCCS(=O)(=O)c1ccccc1NC(CO)C(C)C. The van der Waals surface area contributed by atoms with Crippen LogP contribution in [-0.4, -0.2) is 31.9 Å². The van der Waals surface area contributed by atoms with Gasteiger partial charge >= 0.3 is 0 Å². The number of para-hydroxylation sites is 1. The quantitative estimate of drug-likeness (QED) is 0.806. The molecule has 0 spiro atoms. The lowest BCUT2D eigenvalue weighted by atomic mass is 10.1. The minimum Gasteiger partial charge on any atom is -0.394 e. The van der Waals surface area contributed by atoms with Crippen molar-refractivity contribution in [3.05, 3.63) is 24.3 Å². The van der Waals surface area contributed by atoms with Crippen LogP contribution in [-0.2, 0) is 9.84 Å². The third kappa shape index (κ3) is 4.21. The first-order valence-electron chi connectivity index (χ1n) is 6.61. The Labute approximate surface area is 115 Å². The highest BCUT2D eigenvalue weighted by molar-refractivity contribution is 7.91. The molecule has 0 radical (unpaired) electrons. The van der Waals surface area contributed by atoms with Gasteiger partial charge in [-0.15, -0.1) is 0 Å². The summed E-state index contributed by atoms with van der Waals surface area (Å²) in [6.45, 7) is 5.78. The molecule has 0 aliphatic rings. The van der Waals surface area contributed by atoms with Crippen molar-refractivity contribution in [2.45, 2.75) is 38.1 Å². The van der Waals surface area contributed by atoms with E-state index in [1.807, 2.05) is 20.8 Å². The Bertz CT molecular complexity index is 497. The van der Waals surface area contributed by atoms with E-state index >= 15 is 0 Å². The van der Waals surface area contributed by atoms with Crippen LogP contribution in [0.2, 0.25) is 0 Å². The summed E-state index contributed by atoms with van der Waals surface area (Å²) in [6, 6.07) is 6.72. The van der Waals surface area contributed by atoms with Crippen LogP contribution in [0.3, 0.4) is 0 Å². The Morgan fingerprint density at radius 3 is 2.42 bits per heavy atom. The van der Waals surface area contributed by atoms with Gasteiger partial charge < -0.3 is 10.4 Å². The van der Waals surface area contributed by atoms with E-state index in [9.17, 15) is 13.5 Å². The fraction of sp³-hybridized carbons (Fsp3) is 0.571. The second-order valence-corrected chi connectivity index (χ2v) is 7.07. The normalized spacial score (nSPS) is 13.5. The van der Waals surface area contributed by atoms with Crippen LogP contribution in [0, 0.1) is 5.92 Å². The van der Waals surface area contributed by atoms with Crippen LogP contribution in [0.5, 0.6) is 0 Å². The van der Waals surface area contributed by atoms with Crippen LogP contribution < -0.4 is 5.32 Å². The minimum absolute atomic E-state index is 0.0280. The van der Waals surface area contributed by atoms with Crippen molar-refractivity contribution in [3.8, 4) is 0 Å². The van der Waals surface area contributed by atoms with E-state index < -0.39 is 9.84 Å². The van der Waals surface area contributed by atoms with Crippen molar-refractivity contribution >= 4 is 15.5 Å². The molecule has 0 amide bonds. The molecule has 0 bridgehead atoms. The van der Waals surface area contributed by atoms with Crippen molar-refractivity contribution in [1.82, 2.24) is 0 Å². The summed E-state index contributed by atoms with van der Waals surface area (Å²) in [7, 11) is -3.26. The van der Waals surface area contributed by atoms with Gasteiger partial charge in [-0.3, -0.25) is 0 Å². The topological polar surface area (TPSA) is 66.4 Å². The molecule has 4 nitrogen and oxygen atoms in total. The van der Waals surface area contributed by atoms with E-state index in [1.165, 1.54) is 0 Å². The number of hydrogen-bond donors (Lipinski definition) is 2. The lowest BCUT2D eigenvalue weighted by Gasteiger charge is -2.22. The highest BCUT2D eigenvalue weighted by Gasteiger charge is 2.20. The van der Waals surface area contributed by atoms with E-state index in [0.717, 1.165) is 0 Å². The number of aliphatic hydroxyl groups is 1. The van der Waals surface area contributed by atoms with Gasteiger partial charge in [-0.05, 0) is 24.5 Å². The third-order valence-electron chi connectivity index (χ3n) is 3.04. The molecule has 5 heteroatoms. The molecule has 0 saturated heterocycles. The minimum atomic E-state index is -3.26. The molecule has 0 heterocycles. The number of anilines is 1. The summed E-state index contributed by atoms with van der Waals surface area (Å²) in [6.07, 6.45) is 0.588. The van der Waals surface area contributed by atoms with E-state index in [-0.39, 0.29) is 24.3 Å². The Hall–Kier alpha value is -1.07. The molecule has 1 aromatic rings. The molecule has 0 aliphatic heterocycles. The molecule has 0 saturated carbocycles. The average Bonchev–Trinajstić information content (AvgIpc) is 2.35. The van der Waals surface area contributed by atoms with Crippen LogP contribution in [0.1, 0.15) is 27.2 Å². The van der Waals surface area contributed by atoms with E-state index in [1.54, 1.807) is 24.3 Å². The molecule has 1 atom stereocenters. The summed E-state index contributed by atoms with van der Waals surface area (Å²) in [5.74, 6) is 0.351. The third-order valence-corrected chi connectivity index (χ3v) is 5.01. The predicted molar refractivity (Wildman–Crippen MR) is 78.1 cm³/mol. The van der Waals surface area contributed by atoms with Crippen molar-refractivity contribution < 1.29 is 13.5 Å². The number of sulfone groups is 1. The molecular formula is C14H23NO3S. The van der Waals surface area contributed by atoms with Gasteiger partial charge in [0.2, 0.25) is 0 Å². The summed E-state index contributed by atoms with van der Waals surface area (Å²) < 4.78 is 24.4. The number of rotatable bonds is 7. The lowest BCUT2D eigenvalue weighted by molar-refractivity contribution is 0.249. The molecule has 1 unspecified atom stereocenters. The second kappa shape index (κ2) is 6.91. The van der Waals surface area contributed by atoms with Gasteiger partial charge in [0.15, 0.2) is 9.84 Å². The van der Waals surface area contributed by atoms with Crippen molar-refractivity contribution in [2.75, 3.05) is 17.7 Å². The zero-order valence-corrected chi connectivity index (χ0v) is 12.6. The fourth-order valence-corrected chi connectivity index (χ4v) is 3.36. The van der Waals surface area contributed by atoms with Crippen molar-refractivity contribution in [1.29, 1.82) is 0 Å². The number of nitrogens with one attached hydrogen (secondary N) is 1. The maximum Gasteiger partial charge on any atom is 0.180 e.